The lowest BCUT2D eigenvalue weighted by Gasteiger charge is -1.98. The molecule has 0 aliphatic carbocycles. The Labute approximate surface area is 127 Å². The predicted octanol–water partition coefficient (Wildman–Crippen LogP) is 4.21. The molecule has 102 valence electrons. The van der Waals surface area contributed by atoms with Crippen LogP contribution >= 0.6 is 11.3 Å². The minimum atomic E-state index is 0.587. The lowest BCUT2D eigenvalue weighted by molar-refractivity contribution is 0.915. The van der Waals surface area contributed by atoms with Crippen LogP contribution in [-0.2, 0) is 7.05 Å². The van der Waals surface area contributed by atoms with Crippen molar-refractivity contribution < 1.29 is 0 Å². The van der Waals surface area contributed by atoms with E-state index in [1.807, 2.05) is 71.7 Å². The number of aromatic nitrogens is 2. The Hall–Kier alpha value is -2.64. The summed E-state index contributed by atoms with van der Waals surface area (Å²) >= 11 is 1.49. The predicted molar refractivity (Wildman–Crippen MR) is 86.4 cm³/mol. The van der Waals surface area contributed by atoms with Gasteiger partial charge in [-0.05, 0) is 18.2 Å². The number of rotatable bonds is 3. The maximum absolute atomic E-state index is 9.39. The Kier molecular flexibility index (Phi) is 3.67. The molecule has 0 amide bonds. The SMILES string of the molecule is Cn1cccc1/C=C(\C#N)c1nc(-c2ccccc2)cs1. The van der Waals surface area contributed by atoms with Gasteiger partial charge in [-0.1, -0.05) is 30.3 Å². The Morgan fingerprint density at radius 1 is 1.24 bits per heavy atom. The highest BCUT2D eigenvalue weighted by Crippen LogP contribution is 2.26. The molecule has 0 unspecified atom stereocenters. The molecule has 3 nitrogen and oxygen atoms in total. The number of aryl methyl sites for hydroxylation is 1. The Morgan fingerprint density at radius 3 is 2.71 bits per heavy atom. The molecule has 0 radical (unpaired) electrons. The third-order valence-electron chi connectivity index (χ3n) is 3.20. The van der Waals surface area contributed by atoms with Crippen molar-refractivity contribution in [3.05, 3.63) is 64.7 Å². The first-order valence-corrected chi connectivity index (χ1v) is 7.40. The minimum Gasteiger partial charge on any atom is -0.351 e. The summed E-state index contributed by atoms with van der Waals surface area (Å²) in [6, 6.07) is 16.2. The van der Waals surface area contributed by atoms with Gasteiger partial charge in [0.2, 0.25) is 0 Å². The fourth-order valence-electron chi connectivity index (χ4n) is 2.05. The van der Waals surface area contributed by atoms with Crippen LogP contribution in [0.15, 0.2) is 54.0 Å². The molecule has 0 N–H and O–H groups in total. The fourth-order valence-corrected chi connectivity index (χ4v) is 2.85. The van der Waals surface area contributed by atoms with Crippen molar-refractivity contribution in [1.82, 2.24) is 9.55 Å². The zero-order valence-electron chi connectivity index (χ0n) is 11.5. The van der Waals surface area contributed by atoms with Crippen LogP contribution in [0.1, 0.15) is 10.7 Å². The summed E-state index contributed by atoms with van der Waals surface area (Å²) in [5.41, 5.74) is 3.55. The van der Waals surface area contributed by atoms with Crippen LogP contribution in [0.25, 0.3) is 22.9 Å². The summed E-state index contributed by atoms with van der Waals surface area (Å²) in [6.07, 6.45) is 3.83. The summed E-state index contributed by atoms with van der Waals surface area (Å²) in [5.74, 6) is 0. The first-order chi connectivity index (χ1) is 10.3. The smallest absolute Gasteiger partial charge is 0.134 e. The molecular formula is C17H13N3S. The van der Waals surface area contributed by atoms with Crippen molar-refractivity contribution in [2.75, 3.05) is 0 Å². The lowest BCUT2D eigenvalue weighted by Crippen LogP contribution is -1.89. The third kappa shape index (κ3) is 2.78. The van der Waals surface area contributed by atoms with Crippen LogP contribution in [0.4, 0.5) is 0 Å². The van der Waals surface area contributed by atoms with Gasteiger partial charge >= 0.3 is 0 Å². The Morgan fingerprint density at radius 2 is 2.05 bits per heavy atom. The average Bonchev–Trinajstić information content (AvgIpc) is 3.15. The molecule has 0 saturated carbocycles. The number of thiazole rings is 1. The molecule has 0 fully saturated rings. The van der Waals surface area contributed by atoms with Gasteiger partial charge in [0.1, 0.15) is 11.1 Å². The molecule has 4 heteroatoms. The fraction of sp³-hybridized carbons (Fsp3) is 0.0588. The van der Waals surface area contributed by atoms with E-state index < -0.39 is 0 Å². The van der Waals surface area contributed by atoms with E-state index in [0.29, 0.717) is 5.57 Å². The molecule has 21 heavy (non-hydrogen) atoms. The van der Waals surface area contributed by atoms with Gasteiger partial charge in [0.15, 0.2) is 0 Å². The number of allylic oxidation sites excluding steroid dienone is 1. The molecule has 0 atom stereocenters. The zero-order chi connectivity index (χ0) is 14.7. The van der Waals surface area contributed by atoms with Crippen molar-refractivity contribution in [1.29, 1.82) is 5.26 Å². The van der Waals surface area contributed by atoms with Gasteiger partial charge in [0, 0.05) is 29.9 Å². The summed E-state index contributed by atoms with van der Waals surface area (Å²) < 4.78 is 1.98. The highest BCUT2D eigenvalue weighted by atomic mass is 32.1. The Bertz CT molecular complexity index is 819. The molecular weight excluding hydrogens is 278 g/mol. The van der Waals surface area contributed by atoms with E-state index in [1.54, 1.807) is 0 Å². The van der Waals surface area contributed by atoms with E-state index in [-0.39, 0.29) is 0 Å². The second-order valence-electron chi connectivity index (χ2n) is 4.62. The molecule has 3 rings (SSSR count). The maximum Gasteiger partial charge on any atom is 0.134 e. The summed E-state index contributed by atoms with van der Waals surface area (Å²) in [7, 11) is 1.96. The van der Waals surface area contributed by atoms with Crippen LogP contribution in [-0.4, -0.2) is 9.55 Å². The Balaban J connectivity index is 1.97. The van der Waals surface area contributed by atoms with Crippen molar-refractivity contribution in [3.63, 3.8) is 0 Å². The third-order valence-corrected chi connectivity index (χ3v) is 4.08. The lowest BCUT2D eigenvalue weighted by atomic mass is 10.2. The number of hydrogen-bond acceptors (Lipinski definition) is 3. The van der Waals surface area contributed by atoms with Crippen LogP contribution in [0.3, 0.4) is 0 Å². The molecule has 2 aromatic heterocycles. The van der Waals surface area contributed by atoms with E-state index in [4.69, 9.17) is 0 Å². The van der Waals surface area contributed by atoms with E-state index in [2.05, 4.69) is 11.1 Å². The summed E-state index contributed by atoms with van der Waals surface area (Å²) in [5, 5.41) is 12.1. The number of nitriles is 1. The summed E-state index contributed by atoms with van der Waals surface area (Å²) in [4.78, 5) is 4.58. The van der Waals surface area contributed by atoms with Gasteiger partial charge < -0.3 is 4.57 Å². The standard InChI is InChI=1S/C17H13N3S/c1-20-9-5-8-15(20)10-14(11-18)17-19-16(12-21-17)13-6-3-2-4-7-13/h2-10,12H,1H3/b14-10+. The second-order valence-corrected chi connectivity index (χ2v) is 5.48. The quantitative estimate of drug-likeness (QED) is 0.678. The van der Waals surface area contributed by atoms with Gasteiger partial charge in [-0.15, -0.1) is 11.3 Å². The van der Waals surface area contributed by atoms with Crippen LogP contribution in [0, 0.1) is 11.3 Å². The minimum absolute atomic E-state index is 0.587. The monoisotopic (exact) mass is 291 g/mol. The van der Waals surface area contributed by atoms with Crippen LogP contribution < -0.4 is 0 Å². The molecule has 0 aliphatic rings. The van der Waals surface area contributed by atoms with Gasteiger partial charge in [-0.25, -0.2) is 4.98 Å². The van der Waals surface area contributed by atoms with Gasteiger partial charge in [-0.2, -0.15) is 5.26 Å². The molecule has 0 spiro atoms. The zero-order valence-corrected chi connectivity index (χ0v) is 12.3. The normalized spacial score (nSPS) is 11.3. The average molecular weight is 291 g/mol. The number of benzene rings is 1. The van der Waals surface area contributed by atoms with Gasteiger partial charge in [0.05, 0.1) is 11.3 Å². The number of nitrogens with zero attached hydrogens (tertiary/aromatic N) is 3. The molecule has 0 saturated heterocycles. The van der Waals surface area contributed by atoms with Crippen molar-refractivity contribution in [2.45, 2.75) is 0 Å². The van der Waals surface area contributed by atoms with E-state index >= 15 is 0 Å². The van der Waals surface area contributed by atoms with E-state index in [0.717, 1.165) is 22.0 Å². The van der Waals surface area contributed by atoms with Crippen LogP contribution in [0.2, 0.25) is 0 Å². The molecule has 3 aromatic rings. The highest BCUT2D eigenvalue weighted by Gasteiger charge is 2.09. The van der Waals surface area contributed by atoms with Crippen molar-refractivity contribution in [3.8, 4) is 17.3 Å². The molecule has 2 heterocycles. The first kappa shape index (κ1) is 13.3. The largest absolute Gasteiger partial charge is 0.351 e. The topological polar surface area (TPSA) is 41.6 Å². The van der Waals surface area contributed by atoms with Gasteiger partial charge in [-0.3, -0.25) is 0 Å². The first-order valence-electron chi connectivity index (χ1n) is 6.52. The van der Waals surface area contributed by atoms with Crippen molar-refractivity contribution in [2.24, 2.45) is 7.05 Å². The summed E-state index contributed by atoms with van der Waals surface area (Å²) in [6.45, 7) is 0. The molecule has 0 bridgehead atoms. The molecule has 1 aromatic carbocycles. The second kappa shape index (κ2) is 5.78. The van der Waals surface area contributed by atoms with Gasteiger partial charge in [0.25, 0.3) is 0 Å². The van der Waals surface area contributed by atoms with E-state index in [9.17, 15) is 5.26 Å². The maximum atomic E-state index is 9.39. The van der Waals surface area contributed by atoms with Crippen LogP contribution in [0.5, 0.6) is 0 Å². The number of hydrogen-bond donors (Lipinski definition) is 0. The highest BCUT2D eigenvalue weighted by molar-refractivity contribution is 7.11. The van der Waals surface area contributed by atoms with Crippen molar-refractivity contribution >= 4 is 23.0 Å². The van der Waals surface area contributed by atoms with E-state index in [1.165, 1.54) is 11.3 Å². The molecule has 0 aliphatic heterocycles.